The van der Waals surface area contributed by atoms with Crippen LogP contribution in [0.2, 0.25) is 0 Å². The number of benzene rings is 1. The Balaban J connectivity index is 0.00000121. The Labute approximate surface area is 195 Å². The Morgan fingerprint density at radius 3 is 2.16 bits per heavy atom. The fourth-order valence-electron chi connectivity index (χ4n) is 3.41. The monoisotopic (exact) mass is 436 g/mol. The second-order valence-electron chi connectivity index (χ2n) is 6.72. The SMILES string of the molecule is CC.CC.C\C=C/C=C1/Cc2ccc3c(c2O/C1=C/CC)OC(/C=C\OC)=C(/C=C\C)C3. The number of hydrogen-bond donors (Lipinski definition) is 0. The molecule has 0 saturated heterocycles. The van der Waals surface area contributed by atoms with Gasteiger partial charge in [0.25, 0.3) is 0 Å². The van der Waals surface area contributed by atoms with Crippen molar-refractivity contribution in [3.05, 3.63) is 94.7 Å². The Bertz CT molecular complexity index is 909. The van der Waals surface area contributed by atoms with Crippen LogP contribution in [0.25, 0.3) is 0 Å². The summed E-state index contributed by atoms with van der Waals surface area (Å²) in [7, 11) is 1.63. The fraction of sp³-hybridized carbons (Fsp3) is 0.379. The molecule has 0 bridgehead atoms. The highest BCUT2D eigenvalue weighted by molar-refractivity contribution is 5.61. The van der Waals surface area contributed by atoms with Crippen molar-refractivity contribution in [1.82, 2.24) is 0 Å². The normalized spacial score (nSPS) is 17.4. The largest absolute Gasteiger partial charge is 0.504 e. The van der Waals surface area contributed by atoms with Gasteiger partial charge in [0, 0.05) is 30.0 Å². The summed E-state index contributed by atoms with van der Waals surface area (Å²) in [6.45, 7) is 14.2. The van der Waals surface area contributed by atoms with Crippen LogP contribution in [0.3, 0.4) is 0 Å². The maximum Gasteiger partial charge on any atom is 0.173 e. The molecule has 0 atom stereocenters. The molecule has 2 aliphatic heterocycles. The van der Waals surface area contributed by atoms with Crippen molar-refractivity contribution in [1.29, 1.82) is 0 Å². The van der Waals surface area contributed by atoms with Gasteiger partial charge in [0.15, 0.2) is 11.5 Å². The highest BCUT2D eigenvalue weighted by atomic mass is 16.5. The summed E-state index contributed by atoms with van der Waals surface area (Å²) in [5, 5.41) is 0. The summed E-state index contributed by atoms with van der Waals surface area (Å²) in [4.78, 5) is 0. The van der Waals surface area contributed by atoms with Gasteiger partial charge in [-0.1, -0.05) is 77.1 Å². The molecular formula is C29H40O3. The number of methoxy groups -OCH3 is 1. The van der Waals surface area contributed by atoms with Crippen LogP contribution in [-0.2, 0) is 17.6 Å². The van der Waals surface area contributed by atoms with Gasteiger partial charge >= 0.3 is 0 Å². The van der Waals surface area contributed by atoms with Crippen molar-refractivity contribution >= 4 is 0 Å². The van der Waals surface area contributed by atoms with Crippen molar-refractivity contribution in [2.75, 3.05) is 7.11 Å². The predicted molar refractivity (Wildman–Crippen MR) is 137 cm³/mol. The van der Waals surface area contributed by atoms with E-state index in [2.05, 4.69) is 43.4 Å². The molecule has 0 spiro atoms. The van der Waals surface area contributed by atoms with E-state index in [4.69, 9.17) is 14.2 Å². The Morgan fingerprint density at radius 2 is 1.56 bits per heavy atom. The summed E-state index contributed by atoms with van der Waals surface area (Å²) < 4.78 is 17.8. The third-order valence-electron chi connectivity index (χ3n) is 4.70. The van der Waals surface area contributed by atoms with Crippen molar-refractivity contribution in [2.45, 2.75) is 67.7 Å². The van der Waals surface area contributed by atoms with Crippen molar-refractivity contribution < 1.29 is 14.2 Å². The highest BCUT2D eigenvalue weighted by Gasteiger charge is 2.28. The minimum Gasteiger partial charge on any atom is -0.504 e. The molecule has 2 heterocycles. The van der Waals surface area contributed by atoms with Crippen LogP contribution in [0.4, 0.5) is 0 Å². The Hall–Kier alpha value is -2.94. The van der Waals surface area contributed by atoms with Crippen LogP contribution in [0.5, 0.6) is 11.5 Å². The molecule has 0 radical (unpaired) electrons. The van der Waals surface area contributed by atoms with Crippen molar-refractivity contribution in [2.24, 2.45) is 0 Å². The smallest absolute Gasteiger partial charge is 0.173 e. The molecule has 0 amide bonds. The van der Waals surface area contributed by atoms with E-state index < -0.39 is 0 Å². The summed E-state index contributed by atoms with van der Waals surface area (Å²) in [5.41, 5.74) is 4.59. The van der Waals surface area contributed by atoms with E-state index in [1.54, 1.807) is 13.4 Å². The molecule has 0 fully saturated rings. The first-order valence-corrected chi connectivity index (χ1v) is 11.8. The van der Waals surface area contributed by atoms with Gasteiger partial charge in [0.2, 0.25) is 0 Å². The van der Waals surface area contributed by atoms with Crippen molar-refractivity contribution in [3.63, 3.8) is 0 Å². The van der Waals surface area contributed by atoms with E-state index in [9.17, 15) is 0 Å². The lowest BCUT2D eigenvalue weighted by Crippen LogP contribution is -2.15. The van der Waals surface area contributed by atoms with Gasteiger partial charge in [0.05, 0.1) is 13.4 Å². The number of ether oxygens (including phenoxy) is 3. The zero-order valence-corrected chi connectivity index (χ0v) is 21.1. The number of rotatable bonds is 5. The lowest BCUT2D eigenvalue weighted by atomic mass is 9.93. The molecule has 1 aromatic rings. The number of hydrogen-bond acceptors (Lipinski definition) is 3. The topological polar surface area (TPSA) is 27.7 Å². The molecule has 0 N–H and O–H groups in total. The Kier molecular flexibility index (Phi) is 12.7. The van der Waals surface area contributed by atoms with E-state index in [1.807, 2.05) is 59.8 Å². The molecular weight excluding hydrogens is 396 g/mol. The molecule has 32 heavy (non-hydrogen) atoms. The molecule has 174 valence electrons. The molecule has 0 saturated carbocycles. The van der Waals surface area contributed by atoms with Gasteiger partial charge < -0.3 is 14.2 Å². The second-order valence-corrected chi connectivity index (χ2v) is 6.72. The third kappa shape index (κ3) is 6.78. The summed E-state index contributed by atoms with van der Waals surface area (Å²) in [5.74, 6) is 3.36. The summed E-state index contributed by atoms with van der Waals surface area (Å²) >= 11 is 0. The molecule has 0 aromatic heterocycles. The second kappa shape index (κ2) is 15.0. The predicted octanol–water partition coefficient (Wildman–Crippen LogP) is 8.40. The van der Waals surface area contributed by atoms with Gasteiger partial charge in [0.1, 0.15) is 11.5 Å². The first-order chi connectivity index (χ1) is 15.7. The van der Waals surface area contributed by atoms with Crippen LogP contribution in [0.1, 0.15) is 66.0 Å². The van der Waals surface area contributed by atoms with Gasteiger partial charge in [-0.2, -0.15) is 0 Å². The van der Waals surface area contributed by atoms with Gasteiger partial charge in [-0.15, -0.1) is 0 Å². The lowest BCUT2D eigenvalue weighted by Gasteiger charge is -2.28. The first-order valence-electron chi connectivity index (χ1n) is 11.8. The zero-order chi connectivity index (χ0) is 23.9. The van der Waals surface area contributed by atoms with Gasteiger partial charge in [-0.25, -0.2) is 0 Å². The molecule has 2 aliphatic rings. The summed E-state index contributed by atoms with van der Waals surface area (Å²) in [6, 6.07) is 4.31. The molecule has 0 aliphatic carbocycles. The van der Waals surface area contributed by atoms with Gasteiger partial charge in [-0.05, 0) is 37.5 Å². The van der Waals surface area contributed by atoms with Crippen LogP contribution in [0.15, 0.2) is 83.6 Å². The fourth-order valence-corrected chi connectivity index (χ4v) is 3.41. The van der Waals surface area contributed by atoms with Gasteiger partial charge in [-0.3, -0.25) is 0 Å². The zero-order valence-electron chi connectivity index (χ0n) is 21.1. The number of allylic oxidation sites excluding steroid dienone is 9. The van der Waals surface area contributed by atoms with E-state index in [1.165, 1.54) is 5.57 Å². The minimum absolute atomic E-state index is 0.792. The van der Waals surface area contributed by atoms with E-state index >= 15 is 0 Å². The van der Waals surface area contributed by atoms with E-state index in [-0.39, 0.29) is 0 Å². The van der Waals surface area contributed by atoms with E-state index in [0.717, 1.165) is 59.0 Å². The lowest BCUT2D eigenvalue weighted by molar-refractivity contribution is 0.329. The average Bonchev–Trinajstić information content (AvgIpc) is 2.84. The molecule has 3 rings (SSSR count). The van der Waals surface area contributed by atoms with Crippen LogP contribution in [0, 0.1) is 0 Å². The van der Waals surface area contributed by atoms with Crippen LogP contribution in [-0.4, -0.2) is 7.11 Å². The third-order valence-corrected chi connectivity index (χ3v) is 4.70. The standard InChI is InChI=1S/C25H28O3.2C2H6/c1-5-8-11-19-17-21-13-12-20-16-18(9-6-2)23(14-15-26-4)28-25(20)24(21)27-22(19)10-7-3;2*1-2/h5-6,8-15H,7,16-17H2,1-4H3;2*1-2H3/b8-5-,9-6-,15-14-,19-11-,22-10+;;. The first kappa shape index (κ1) is 27.1. The highest BCUT2D eigenvalue weighted by Crippen LogP contribution is 2.45. The van der Waals surface area contributed by atoms with E-state index in [0.29, 0.717) is 0 Å². The Morgan fingerprint density at radius 1 is 0.906 bits per heavy atom. The molecule has 3 nitrogen and oxygen atoms in total. The quantitative estimate of drug-likeness (QED) is 0.434. The maximum absolute atomic E-state index is 6.37. The van der Waals surface area contributed by atoms with Crippen LogP contribution < -0.4 is 9.47 Å². The number of fused-ring (bicyclic) bond motifs is 3. The average molecular weight is 437 g/mol. The van der Waals surface area contributed by atoms with Crippen LogP contribution >= 0.6 is 0 Å². The summed E-state index contributed by atoms with van der Waals surface area (Å²) in [6.07, 6.45) is 18.5. The molecule has 1 aromatic carbocycles. The molecule has 0 unspecified atom stereocenters. The minimum atomic E-state index is 0.792. The van der Waals surface area contributed by atoms with Crippen molar-refractivity contribution in [3.8, 4) is 11.5 Å². The molecule has 3 heteroatoms. The maximum atomic E-state index is 6.37.